The predicted octanol–water partition coefficient (Wildman–Crippen LogP) is 3.85. The van der Waals surface area contributed by atoms with E-state index in [0.717, 1.165) is 5.01 Å². The van der Waals surface area contributed by atoms with Gasteiger partial charge in [-0.3, -0.25) is 0 Å². The van der Waals surface area contributed by atoms with Gasteiger partial charge in [0.25, 0.3) is 0 Å². The third-order valence-corrected chi connectivity index (χ3v) is 3.69. The van der Waals surface area contributed by atoms with Crippen LogP contribution in [0, 0.1) is 0 Å². The van der Waals surface area contributed by atoms with Crippen molar-refractivity contribution in [1.29, 1.82) is 0 Å². The van der Waals surface area contributed by atoms with Crippen molar-refractivity contribution in [2.75, 3.05) is 12.4 Å². The van der Waals surface area contributed by atoms with E-state index in [1.54, 1.807) is 24.4 Å². The van der Waals surface area contributed by atoms with Gasteiger partial charge < -0.3 is 10.1 Å². The number of rotatable bonds is 4. The van der Waals surface area contributed by atoms with Gasteiger partial charge in [0, 0.05) is 5.02 Å². The number of nitrogens with zero attached hydrogens (tertiary/aromatic N) is 1. The molecule has 1 N–H and O–H groups in total. The van der Waals surface area contributed by atoms with E-state index < -0.39 is 5.97 Å². The summed E-state index contributed by atoms with van der Waals surface area (Å²) in [6.45, 7) is 0.460. The number of esters is 1. The Kier molecular flexibility index (Phi) is 4.63. The first-order chi connectivity index (χ1) is 9.10. The van der Waals surface area contributed by atoms with Crippen LogP contribution >= 0.6 is 34.5 Å². The third kappa shape index (κ3) is 3.59. The van der Waals surface area contributed by atoms with Gasteiger partial charge in [-0.15, -0.1) is 11.3 Å². The Balaban J connectivity index is 2.18. The lowest BCUT2D eigenvalue weighted by Gasteiger charge is -2.10. The van der Waals surface area contributed by atoms with Gasteiger partial charge in [0.1, 0.15) is 9.34 Å². The number of hydrogen-bond donors (Lipinski definition) is 1. The zero-order chi connectivity index (χ0) is 13.8. The number of thiazole rings is 1. The molecule has 0 spiro atoms. The quantitative estimate of drug-likeness (QED) is 0.870. The number of benzene rings is 1. The van der Waals surface area contributed by atoms with Crippen molar-refractivity contribution >= 4 is 46.2 Å². The molecule has 0 saturated carbocycles. The van der Waals surface area contributed by atoms with Gasteiger partial charge >= 0.3 is 5.97 Å². The zero-order valence-corrected chi connectivity index (χ0v) is 12.3. The molecule has 2 rings (SSSR count). The number of aromatic nitrogens is 1. The van der Waals surface area contributed by atoms with Crippen LogP contribution < -0.4 is 5.32 Å². The molecule has 0 fully saturated rings. The van der Waals surface area contributed by atoms with Gasteiger partial charge in [-0.05, 0) is 18.2 Å². The molecule has 0 aliphatic rings. The van der Waals surface area contributed by atoms with Crippen LogP contribution in [0.25, 0.3) is 0 Å². The van der Waals surface area contributed by atoms with E-state index in [0.29, 0.717) is 27.2 Å². The Morgan fingerprint density at radius 1 is 1.47 bits per heavy atom. The Labute approximate surface area is 124 Å². The van der Waals surface area contributed by atoms with Gasteiger partial charge in [0.05, 0.1) is 31.1 Å². The summed E-state index contributed by atoms with van der Waals surface area (Å²) in [7, 11) is 1.33. The Morgan fingerprint density at radius 2 is 2.26 bits per heavy atom. The predicted molar refractivity (Wildman–Crippen MR) is 77.2 cm³/mol. The highest BCUT2D eigenvalue weighted by Crippen LogP contribution is 2.24. The summed E-state index contributed by atoms with van der Waals surface area (Å²) >= 11 is 13.1. The second kappa shape index (κ2) is 6.23. The molecule has 1 aromatic carbocycles. The first-order valence-corrected chi connectivity index (χ1v) is 6.89. The average molecular weight is 317 g/mol. The normalized spacial score (nSPS) is 10.3. The maximum Gasteiger partial charge on any atom is 0.339 e. The second-order valence-corrected chi connectivity index (χ2v) is 5.78. The summed E-state index contributed by atoms with van der Waals surface area (Å²) in [6.07, 6.45) is 1.59. The Morgan fingerprint density at radius 3 is 2.89 bits per heavy atom. The second-order valence-electron chi connectivity index (χ2n) is 3.59. The van der Waals surface area contributed by atoms with Gasteiger partial charge in [-0.25, -0.2) is 9.78 Å². The fourth-order valence-corrected chi connectivity index (χ4v) is 2.56. The summed E-state index contributed by atoms with van der Waals surface area (Å²) in [6, 6.07) is 4.92. The van der Waals surface area contributed by atoms with Crippen molar-refractivity contribution in [2.24, 2.45) is 0 Å². The maximum absolute atomic E-state index is 11.6. The molecule has 1 heterocycles. The van der Waals surface area contributed by atoms with Crippen LogP contribution in [0.4, 0.5) is 5.69 Å². The van der Waals surface area contributed by atoms with Crippen LogP contribution in [-0.2, 0) is 11.3 Å². The van der Waals surface area contributed by atoms with E-state index in [1.165, 1.54) is 18.4 Å². The summed E-state index contributed by atoms with van der Waals surface area (Å²) in [5.74, 6) is -0.420. The lowest BCUT2D eigenvalue weighted by Crippen LogP contribution is -2.08. The molecule has 0 atom stereocenters. The van der Waals surface area contributed by atoms with Crippen molar-refractivity contribution in [3.63, 3.8) is 0 Å². The smallest absolute Gasteiger partial charge is 0.339 e. The number of halogens is 2. The highest BCUT2D eigenvalue weighted by Gasteiger charge is 2.12. The van der Waals surface area contributed by atoms with E-state index in [9.17, 15) is 4.79 Å². The molecule has 4 nitrogen and oxygen atoms in total. The van der Waals surface area contributed by atoms with Crippen molar-refractivity contribution in [2.45, 2.75) is 6.54 Å². The summed E-state index contributed by atoms with van der Waals surface area (Å²) in [4.78, 5) is 15.7. The average Bonchev–Trinajstić information content (AvgIpc) is 2.81. The highest BCUT2D eigenvalue weighted by atomic mass is 35.5. The molecule has 0 radical (unpaired) electrons. The largest absolute Gasteiger partial charge is 0.465 e. The lowest BCUT2D eigenvalue weighted by atomic mass is 10.2. The number of anilines is 1. The molecule has 0 amide bonds. The van der Waals surface area contributed by atoms with Gasteiger partial charge in [-0.1, -0.05) is 23.2 Å². The SMILES string of the molecule is COC(=O)c1ccc(Cl)cc1NCc1ncc(Cl)s1. The summed E-state index contributed by atoms with van der Waals surface area (Å²) < 4.78 is 5.34. The fraction of sp³-hybridized carbons (Fsp3) is 0.167. The zero-order valence-electron chi connectivity index (χ0n) is 9.94. The number of carbonyl (C=O) groups excluding carboxylic acids is 1. The number of nitrogens with one attached hydrogen (secondary N) is 1. The highest BCUT2D eigenvalue weighted by molar-refractivity contribution is 7.15. The fourth-order valence-electron chi connectivity index (χ4n) is 1.49. The van der Waals surface area contributed by atoms with Gasteiger partial charge in [-0.2, -0.15) is 0 Å². The maximum atomic E-state index is 11.6. The molecule has 0 aliphatic carbocycles. The van der Waals surface area contributed by atoms with Crippen molar-refractivity contribution in [3.8, 4) is 0 Å². The van der Waals surface area contributed by atoms with E-state index >= 15 is 0 Å². The summed E-state index contributed by atoms with van der Waals surface area (Å²) in [5.41, 5.74) is 1.03. The van der Waals surface area contributed by atoms with Gasteiger partial charge in [0.2, 0.25) is 0 Å². The molecule has 1 aromatic heterocycles. The monoisotopic (exact) mass is 316 g/mol. The molecule has 100 valence electrons. The standard InChI is InChI=1S/C12H10Cl2N2O2S/c1-18-12(17)8-3-2-7(13)4-9(8)15-6-11-16-5-10(14)19-11/h2-5,15H,6H2,1H3. The van der Waals surface area contributed by atoms with E-state index in [1.807, 2.05) is 0 Å². The Bertz CT molecular complexity index is 601. The molecule has 0 unspecified atom stereocenters. The minimum Gasteiger partial charge on any atom is -0.465 e. The molecule has 0 bridgehead atoms. The van der Waals surface area contributed by atoms with Gasteiger partial charge in [0.15, 0.2) is 0 Å². The number of carbonyl (C=O) groups is 1. The molecular formula is C12H10Cl2N2O2S. The lowest BCUT2D eigenvalue weighted by molar-refractivity contribution is 0.0602. The molecular weight excluding hydrogens is 307 g/mol. The van der Waals surface area contributed by atoms with E-state index in [-0.39, 0.29) is 0 Å². The van der Waals surface area contributed by atoms with Crippen molar-refractivity contribution in [1.82, 2.24) is 4.98 Å². The molecule has 0 saturated heterocycles. The minimum atomic E-state index is -0.420. The Hall–Kier alpha value is -1.30. The van der Waals surface area contributed by atoms with Crippen LogP contribution in [0.2, 0.25) is 9.36 Å². The first-order valence-electron chi connectivity index (χ1n) is 5.32. The summed E-state index contributed by atoms with van der Waals surface area (Å²) in [5, 5.41) is 4.46. The van der Waals surface area contributed by atoms with Crippen molar-refractivity contribution < 1.29 is 9.53 Å². The molecule has 0 aliphatic heterocycles. The molecule has 2 aromatic rings. The van der Waals surface area contributed by atoms with Crippen LogP contribution in [0.1, 0.15) is 15.4 Å². The number of hydrogen-bond acceptors (Lipinski definition) is 5. The van der Waals surface area contributed by atoms with Crippen LogP contribution in [0.15, 0.2) is 24.4 Å². The van der Waals surface area contributed by atoms with E-state index in [4.69, 9.17) is 27.9 Å². The van der Waals surface area contributed by atoms with E-state index in [2.05, 4.69) is 10.3 Å². The molecule has 7 heteroatoms. The third-order valence-electron chi connectivity index (χ3n) is 2.34. The first kappa shape index (κ1) is 14.1. The topological polar surface area (TPSA) is 51.2 Å². The van der Waals surface area contributed by atoms with Crippen LogP contribution in [-0.4, -0.2) is 18.1 Å². The van der Waals surface area contributed by atoms with Crippen LogP contribution in [0.3, 0.4) is 0 Å². The van der Waals surface area contributed by atoms with Crippen LogP contribution in [0.5, 0.6) is 0 Å². The number of methoxy groups -OCH3 is 1. The van der Waals surface area contributed by atoms with Crippen molar-refractivity contribution in [3.05, 3.63) is 44.3 Å². The molecule has 19 heavy (non-hydrogen) atoms. The number of ether oxygens (including phenoxy) is 1. The minimum absolute atomic E-state index is 0.420.